The maximum absolute atomic E-state index is 12.7. The Labute approximate surface area is 179 Å². The van der Waals surface area contributed by atoms with Gasteiger partial charge in [0, 0.05) is 16.6 Å². The molecule has 0 saturated heterocycles. The van der Waals surface area contributed by atoms with Gasteiger partial charge in [0.2, 0.25) is 5.91 Å². The number of carbonyl (C=O) groups excluding carboxylic acids is 2. The number of methoxy groups -OCH3 is 1. The van der Waals surface area contributed by atoms with Gasteiger partial charge in [0.1, 0.15) is 10.8 Å². The first kappa shape index (κ1) is 22.3. The monoisotopic (exact) mass is 450 g/mol. The predicted molar refractivity (Wildman–Crippen MR) is 109 cm³/mol. The Hall–Kier alpha value is -3.40. The summed E-state index contributed by atoms with van der Waals surface area (Å²) in [4.78, 5) is 27.7. The molecule has 1 aromatic heterocycles. The number of alkyl halides is 3. The smallest absolute Gasteiger partial charge is 0.416 e. The number of anilines is 1. The quantitative estimate of drug-likeness (QED) is 0.534. The maximum Gasteiger partial charge on any atom is 0.416 e. The van der Waals surface area contributed by atoms with Crippen LogP contribution in [0.2, 0.25) is 0 Å². The molecular weight excluding hydrogens is 433 g/mol. The molecule has 1 heterocycles. The first-order valence-electron chi connectivity index (χ1n) is 8.96. The largest absolute Gasteiger partial charge is 0.482 e. The summed E-state index contributed by atoms with van der Waals surface area (Å²) in [6.07, 6.45) is -4.38. The molecule has 0 radical (unpaired) electrons. The summed E-state index contributed by atoms with van der Waals surface area (Å²) in [5.74, 6) is -0.354. The molecule has 2 aromatic carbocycles. The number of thiazole rings is 1. The fraction of sp³-hybridized carbons (Fsp3) is 0.190. The molecule has 3 aromatic rings. The number of aromatic nitrogens is 1. The van der Waals surface area contributed by atoms with Crippen molar-refractivity contribution in [3.63, 3.8) is 0 Å². The molecule has 3 rings (SSSR count). The molecule has 6 nitrogen and oxygen atoms in total. The molecule has 0 aliphatic carbocycles. The van der Waals surface area contributed by atoms with Gasteiger partial charge in [-0.25, -0.2) is 9.78 Å². The minimum absolute atomic E-state index is 0.0116. The van der Waals surface area contributed by atoms with Crippen molar-refractivity contribution in [1.29, 1.82) is 0 Å². The molecule has 0 saturated carbocycles. The number of hydrogen-bond acceptors (Lipinski definition) is 6. The highest BCUT2D eigenvalue weighted by molar-refractivity contribution is 7.13. The fourth-order valence-electron chi connectivity index (χ4n) is 2.53. The van der Waals surface area contributed by atoms with E-state index >= 15 is 0 Å². The summed E-state index contributed by atoms with van der Waals surface area (Å²) in [5, 5.41) is 4.94. The number of ether oxygens (including phenoxy) is 2. The van der Waals surface area contributed by atoms with Crippen LogP contribution >= 0.6 is 11.3 Å². The number of rotatable bonds is 7. The molecule has 0 unspecified atom stereocenters. The highest BCUT2D eigenvalue weighted by atomic mass is 32.1. The van der Waals surface area contributed by atoms with E-state index in [-0.39, 0.29) is 18.9 Å². The molecule has 0 fully saturated rings. The molecule has 1 N–H and O–H groups in total. The summed E-state index contributed by atoms with van der Waals surface area (Å²) in [6, 6.07) is 11.2. The van der Waals surface area contributed by atoms with Gasteiger partial charge in [-0.1, -0.05) is 12.1 Å². The molecule has 10 heteroatoms. The van der Waals surface area contributed by atoms with Gasteiger partial charge in [-0.2, -0.15) is 13.2 Å². The minimum atomic E-state index is -4.39. The molecule has 162 valence electrons. The second-order valence-corrected chi connectivity index (χ2v) is 7.19. The third kappa shape index (κ3) is 6.29. The highest BCUT2D eigenvalue weighted by Crippen LogP contribution is 2.31. The number of esters is 1. The van der Waals surface area contributed by atoms with Crippen LogP contribution in [0.25, 0.3) is 10.6 Å². The van der Waals surface area contributed by atoms with E-state index in [1.807, 2.05) is 0 Å². The van der Waals surface area contributed by atoms with E-state index in [1.54, 1.807) is 29.6 Å². The minimum Gasteiger partial charge on any atom is -0.482 e. The second-order valence-electron chi connectivity index (χ2n) is 6.33. The molecule has 0 atom stereocenters. The third-order valence-corrected chi connectivity index (χ3v) is 5.02. The highest BCUT2D eigenvalue weighted by Gasteiger charge is 2.30. The molecule has 0 bridgehead atoms. The van der Waals surface area contributed by atoms with Crippen LogP contribution in [-0.2, 0) is 26.9 Å². The molecule has 0 spiro atoms. The number of nitrogens with one attached hydrogen (secondary N) is 1. The van der Waals surface area contributed by atoms with Crippen molar-refractivity contribution in [2.45, 2.75) is 12.6 Å². The first-order chi connectivity index (χ1) is 14.7. The van der Waals surface area contributed by atoms with Crippen LogP contribution in [0, 0.1) is 0 Å². The van der Waals surface area contributed by atoms with Crippen LogP contribution in [0.15, 0.2) is 53.9 Å². The SMILES string of the molecule is COC(=O)COc1ccc(NC(=O)Cc2csc(-c3ccc(C(F)(F)F)cc3)n2)cc1. The van der Waals surface area contributed by atoms with Gasteiger partial charge in [0.05, 0.1) is 24.8 Å². The van der Waals surface area contributed by atoms with Crippen molar-refractivity contribution < 1.29 is 32.2 Å². The van der Waals surface area contributed by atoms with Crippen molar-refractivity contribution in [3.05, 3.63) is 65.2 Å². The lowest BCUT2D eigenvalue weighted by atomic mass is 10.1. The van der Waals surface area contributed by atoms with Crippen LogP contribution in [0.4, 0.5) is 18.9 Å². The number of carbonyl (C=O) groups is 2. The Bertz CT molecular complexity index is 1050. The average molecular weight is 450 g/mol. The zero-order valence-corrected chi connectivity index (χ0v) is 17.0. The van der Waals surface area contributed by atoms with Crippen molar-refractivity contribution in [2.24, 2.45) is 0 Å². The number of halogens is 3. The van der Waals surface area contributed by atoms with E-state index in [4.69, 9.17) is 4.74 Å². The van der Waals surface area contributed by atoms with E-state index in [1.165, 1.54) is 30.6 Å². The van der Waals surface area contributed by atoms with E-state index in [0.717, 1.165) is 12.1 Å². The Morgan fingerprint density at radius 2 is 1.74 bits per heavy atom. The summed E-state index contributed by atoms with van der Waals surface area (Å²) >= 11 is 1.25. The molecule has 0 aliphatic rings. The van der Waals surface area contributed by atoms with Gasteiger partial charge in [-0.3, -0.25) is 4.79 Å². The van der Waals surface area contributed by atoms with Gasteiger partial charge in [0.25, 0.3) is 0 Å². The van der Waals surface area contributed by atoms with Gasteiger partial charge < -0.3 is 14.8 Å². The fourth-order valence-corrected chi connectivity index (χ4v) is 3.35. The number of nitrogens with zero attached hydrogens (tertiary/aromatic N) is 1. The lowest BCUT2D eigenvalue weighted by Gasteiger charge is -2.07. The van der Waals surface area contributed by atoms with E-state index in [0.29, 0.717) is 27.7 Å². The van der Waals surface area contributed by atoms with Gasteiger partial charge in [0.15, 0.2) is 6.61 Å². The Kier molecular flexibility index (Phi) is 6.91. The lowest BCUT2D eigenvalue weighted by molar-refractivity contribution is -0.143. The van der Waals surface area contributed by atoms with Crippen molar-refractivity contribution in [1.82, 2.24) is 4.98 Å². The van der Waals surface area contributed by atoms with E-state index in [2.05, 4.69) is 15.0 Å². The van der Waals surface area contributed by atoms with E-state index in [9.17, 15) is 22.8 Å². The van der Waals surface area contributed by atoms with Crippen LogP contribution in [0.3, 0.4) is 0 Å². The van der Waals surface area contributed by atoms with Gasteiger partial charge in [-0.05, 0) is 36.4 Å². The van der Waals surface area contributed by atoms with Crippen molar-refractivity contribution in [3.8, 4) is 16.3 Å². The second kappa shape index (κ2) is 9.61. The third-order valence-electron chi connectivity index (χ3n) is 4.08. The number of hydrogen-bond donors (Lipinski definition) is 1. The zero-order valence-electron chi connectivity index (χ0n) is 16.2. The lowest BCUT2D eigenvalue weighted by Crippen LogP contribution is -2.15. The average Bonchev–Trinajstić information content (AvgIpc) is 3.20. The summed E-state index contributed by atoms with van der Waals surface area (Å²) in [5.41, 5.74) is 0.866. The topological polar surface area (TPSA) is 77.5 Å². The van der Waals surface area contributed by atoms with Crippen LogP contribution in [-0.4, -0.2) is 30.6 Å². The molecule has 1 amide bonds. The summed E-state index contributed by atoms with van der Waals surface area (Å²) < 4.78 is 47.7. The summed E-state index contributed by atoms with van der Waals surface area (Å²) in [6.45, 7) is -0.215. The Balaban J connectivity index is 1.55. The number of benzene rings is 2. The van der Waals surface area contributed by atoms with Crippen LogP contribution in [0.1, 0.15) is 11.3 Å². The normalized spacial score (nSPS) is 11.1. The van der Waals surface area contributed by atoms with Gasteiger partial charge in [-0.15, -0.1) is 11.3 Å². The maximum atomic E-state index is 12.7. The van der Waals surface area contributed by atoms with Crippen molar-refractivity contribution in [2.75, 3.05) is 19.0 Å². The molecule has 31 heavy (non-hydrogen) atoms. The Morgan fingerprint density at radius 1 is 1.06 bits per heavy atom. The predicted octanol–water partition coefficient (Wildman–Crippen LogP) is 4.56. The molecular formula is C21H17F3N2O4S. The Morgan fingerprint density at radius 3 is 2.35 bits per heavy atom. The van der Waals surface area contributed by atoms with Gasteiger partial charge >= 0.3 is 12.1 Å². The van der Waals surface area contributed by atoms with Crippen molar-refractivity contribution >= 4 is 28.9 Å². The van der Waals surface area contributed by atoms with Crippen LogP contribution in [0.5, 0.6) is 5.75 Å². The van der Waals surface area contributed by atoms with Crippen LogP contribution < -0.4 is 10.1 Å². The number of amides is 1. The first-order valence-corrected chi connectivity index (χ1v) is 9.84. The molecule has 0 aliphatic heterocycles. The van der Waals surface area contributed by atoms with E-state index < -0.39 is 17.7 Å². The standard InChI is InChI=1S/C21H17F3N2O4S/c1-29-19(28)11-30-17-8-6-15(7-9-17)25-18(27)10-16-12-31-20(26-16)13-2-4-14(5-3-13)21(22,23)24/h2-9,12H,10-11H2,1H3,(H,25,27). The zero-order chi connectivity index (χ0) is 22.4. The summed E-state index contributed by atoms with van der Waals surface area (Å²) in [7, 11) is 1.26.